The zero-order chi connectivity index (χ0) is 14.4. The third-order valence-electron chi connectivity index (χ3n) is 4.64. The van der Waals surface area contributed by atoms with Crippen LogP contribution in [0.15, 0.2) is 24.3 Å². The van der Waals surface area contributed by atoms with E-state index in [1.54, 1.807) is 12.1 Å². The van der Waals surface area contributed by atoms with Crippen molar-refractivity contribution in [1.82, 2.24) is 0 Å². The number of hydrogen-bond donors (Lipinski definition) is 2. The second kappa shape index (κ2) is 7.07. The second-order valence-electron chi connectivity index (χ2n) is 6.20. The Morgan fingerprint density at radius 2 is 2.00 bits per heavy atom. The monoisotopic (exact) mass is 278 g/mol. The summed E-state index contributed by atoms with van der Waals surface area (Å²) in [5.74, 6) is 0.657. The van der Waals surface area contributed by atoms with Gasteiger partial charge in [0, 0.05) is 17.8 Å². The summed E-state index contributed by atoms with van der Waals surface area (Å²) >= 11 is 0. The molecule has 1 saturated carbocycles. The van der Waals surface area contributed by atoms with Gasteiger partial charge in [0.1, 0.15) is 5.82 Å². The molecule has 0 aliphatic heterocycles. The smallest absolute Gasteiger partial charge is 0.123 e. The minimum absolute atomic E-state index is 0.0136. The number of benzene rings is 1. The van der Waals surface area contributed by atoms with Crippen molar-refractivity contribution in [1.29, 1.82) is 0 Å². The summed E-state index contributed by atoms with van der Waals surface area (Å²) in [7, 11) is 0. The van der Waals surface area contributed by atoms with Gasteiger partial charge in [0.2, 0.25) is 0 Å². The van der Waals surface area contributed by atoms with Crippen LogP contribution < -0.4 is 11.1 Å². The zero-order valence-electron chi connectivity index (χ0n) is 12.5. The molecule has 2 nitrogen and oxygen atoms in total. The quantitative estimate of drug-likeness (QED) is 0.787. The van der Waals surface area contributed by atoms with Crippen molar-refractivity contribution in [2.45, 2.75) is 57.4 Å². The first-order valence-corrected chi connectivity index (χ1v) is 7.91. The molecule has 0 spiro atoms. The van der Waals surface area contributed by atoms with Gasteiger partial charge in [-0.05, 0) is 49.4 Å². The maximum absolute atomic E-state index is 13.0. The van der Waals surface area contributed by atoms with Crippen LogP contribution >= 0.6 is 0 Å². The Balaban J connectivity index is 2.03. The fraction of sp³-hybridized carbons (Fsp3) is 0.647. The standard InChI is InChI=1S/C17H27FN2/c1-2-4-14-5-3-11-17(13-19,12-10-14)20-16-8-6-15(18)7-9-16/h6-9,14,20H,2-5,10-13,19H2,1H3. The van der Waals surface area contributed by atoms with Crippen molar-refractivity contribution in [2.24, 2.45) is 11.7 Å². The molecule has 3 heteroatoms. The van der Waals surface area contributed by atoms with E-state index in [1.165, 1.54) is 44.2 Å². The average molecular weight is 278 g/mol. The fourth-order valence-electron chi connectivity index (χ4n) is 3.40. The van der Waals surface area contributed by atoms with Crippen molar-refractivity contribution in [3.63, 3.8) is 0 Å². The molecule has 2 atom stereocenters. The first kappa shape index (κ1) is 15.3. The van der Waals surface area contributed by atoms with Gasteiger partial charge in [-0.3, -0.25) is 0 Å². The Morgan fingerprint density at radius 1 is 1.25 bits per heavy atom. The molecule has 3 N–H and O–H groups in total. The van der Waals surface area contributed by atoms with Crippen LogP contribution in [0.25, 0.3) is 0 Å². The van der Waals surface area contributed by atoms with Gasteiger partial charge in [-0.15, -0.1) is 0 Å². The van der Waals surface area contributed by atoms with Gasteiger partial charge in [0.15, 0.2) is 0 Å². The van der Waals surface area contributed by atoms with Crippen LogP contribution in [0.3, 0.4) is 0 Å². The van der Waals surface area contributed by atoms with E-state index in [9.17, 15) is 4.39 Å². The lowest BCUT2D eigenvalue weighted by atomic mass is 9.88. The zero-order valence-corrected chi connectivity index (χ0v) is 12.5. The Morgan fingerprint density at radius 3 is 2.65 bits per heavy atom. The molecule has 0 saturated heterocycles. The van der Waals surface area contributed by atoms with Gasteiger partial charge in [-0.2, -0.15) is 0 Å². The highest BCUT2D eigenvalue weighted by Gasteiger charge is 2.31. The van der Waals surface area contributed by atoms with E-state index in [4.69, 9.17) is 5.73 Å². The average Bonchev–Trinajstić information content (AvgIpc) is 2.66. The van der Waals surface area contributed by atoms with Crippen LogP contribution in [0, 0.1) is 11.7 Å². The molecule has 0 heterocycles. The molecule has 2 rings (SSSR count). The van der Waals surface area contributed by atoms with Crippen molar-refractivity contribution in [3.8, 4) is 0 Å². The summed E-state index contributed by atoms with van der Waals surface area (Å²) in [5.41, 5.74) is 7.03. The molecule has 0 radical (unpaired) electrons. The van der Waals surface area contributed by atoms with E-state index < -0.39 is 0 Å². The highest BCUT2D eigenvalue weighted by molar-refractivity contribution is 5.45. The summed E-state index contributed by atoms with van der Waals surface area (Å²) in [6, 6.07) is 6.62. The number of hydrogen-bond acceptors (Lipinski definition) is 2. The van der Waals surface area contributed by atoms with Crippen LogP contribution in [0.2, 0.25) is 0 Å². The van der Waals surface area contributed by atoms with Gasteiger partial charge in [0.05, 0.1) is 0 Å². The van der Waals surface area contributed by atoms with Gasteiger partial charge in [-0.1, -0.05) is 32.6 Å². The lowest BCUT2D eigenvalue weighted by molar-refractivity contribution is 0.390. The molecule has 1 aromatic carbocycles. The maximum atomic E-state index is 13.0. The fourth-order valence-corrected chi connectivity index (χ4v) is 3.40. The van der Waals surface area contributed by atoms with Crippen LogP contribution in [-0.2, 0) is 0 Å². The highest BCUT2D eigenvalue weighted by Crippen LogP contribution is 2.34. The molecule has 0 bridgehead atoms. The lowest BCUT2D eigenvalue weighted by Gasteiger charge is -2.34. The molecule has 1 fully saturated rings. The molecule has 1 aliphatic rings. The number of rotatable bonds is 5. The summed E-state index contributed by atoms with van der Waals surface area (Å²) in [6.07, 6.45) is 8.63. The number of anilines is 1. The van der Waals surface area contributed by atoms with Gasteiger partial charge in [-0.25, -0.2) is 4.39 Å². The van der Waals surface area contributed by atoms with E-state index in [2.05, 4.69) is 12.2 Å². The maximum Gasteiger partial charge on any atom is 0.123 e. The Kier molecular flexibility index (Phi) is 5.41. The summed E-state index contributed by atoms with van der Waals surface area (Å²) in [4.78, 5) is 0. The second-order valence-corrected chi connectivity index (χ2v) is 6.20. The predicted octanol–water partition coefficient (Wildman–Crippen LogP) is 4.32. The molecular formula is C17H27FN2. The van der Waals surface area contributed by atoms with Crippen molar-refractivity contribution in [3.05, 3.63) is 30.1 Å². The molecular weight excluding hydrogens is 251 g/mol. The van der Waals surface area contributed by atoms with Crippen molar-refractivity contribution >= 4 is 5.69 Å². The molecule has 1 aliphatic carbocycles. The Labute approximate surface area is 121 Å². The van der Waals surface area contributed by atoms with E-state index >= 15 is 0 Å². The molecule has 112 valence electrons. The topological polar surface area (TPSA) is 38.0 Å². The summed E-state index contributed by atoms with van der Waals surface area (Å²) in [5, 5.41) is 3.58. The highest BCUT2D eigenvalue weighted by atomic mass is 19.1. The van der Waals surface area contributed by atoms with Gasteiger partial charge in [0.25, 0.3) is 0 Å². The largest absolute Gasteiger partial charge is 0.378 e. The Bertz CT molecular complexity index is 404. The van der Waals surface area contributed by atoms with Gasteiger partial charge < -0.3 is 11.1 Å². The SMILES string of the molecule is CCCC1CCCC(CN)(Nc2ccc(F)cc2)CC1. The Hall–Kier alpha value is -1.09. The van der Waals surface area contributed by atoms with Crippen LogP contribution in [0.1, 0.15) is 51.9 Å². The predicted molar refractivity (Wildman–Crippen MR) is 83.3 cm³/mol. The van der Waals surface area contributed by atoms with E-state index in [0.29, 0.717) is 6.54 Å². The minimum atomic E-state index is -0.193. The van der Waals surface area contributed by atoms with Crippen molar-refractivity contribution in [2.75, 3.05) is 11.9 Å². The van der Waals surface area contributed by atoms with E-state index in [-0.39, 0.29) is 11.4 Å². The first-order valence-electron chi connectivity index (χ1n) is 7.91. The van der Waals surface area contributed by atoms with E-state index in [1.807, 2.05) is 0 Å². The summed E-state index contributed by atoms with van der Waals surface area (Å²) in [6.45, 7) is 2.90. The number of nitrogens with one attached hydrogen (secondary N) is 1. The van der Waals surface area contributed by atoms with Crippen molar-refractivity contribution < 1.29 is 4.39 Å². The number of nitrogens with two attached hydrogens (primary N) is 1. The molecule has 0 amide bonds. The molecule has 0 aromatic heterocycles. The lowest BCUT2D eigenvalue weighted by Crippen LogP contribution is -2.45. The normalized spacial score (nSPS) is 27.1. The number of halogens is 1. The third-order valence-corrected chi connectivity index (χ3v) is 4.64. The van der Waals surface area contributed by atoms with E-state index in [0.717, 1.165) is 24.4 Å². The van der Waals surface area contributed by atoms with Crippen LogP contribution in [0.5, 0.6) is 0 Å². The minimum Gasteiger partial charge on any atom is -0.378 e. The van der Waals surface area contributed by atoms with Crippen LogP contribution in [-0.4, -0.2) is 12.1 Å². The summed E-state index contributed by atoms with van der Waals surface area (Å²) < 4.78 is 13.0. The van der Waals surface area contributed by atoms with Crippen LogP contribution in [0.4, 0.5) is 10.1 Å². The van der Waals surface area contributed by atoms with Gasteiger partial charge >= 0.3 is 0 Å². The molecule has 20 heavy (non-hydrogen) atoms. The third kappa shape index (κ3) is 3.95. The molecule has 1 aromatic rings. The first-order chi connectivity index (χ1) is 9.67. The molecule has 2 unspecified atom stereocenters.